The van der Waals surface area contributed by atoms with E-state index in [1.165, 1.54) is 5.56 Å². The third-order valence-electron chi connectivity index (χ3n) is 4.89. The summed E-state index contributed by atoms with van der Waals surface area (Å²) in [6, 6.07) is 17.7. The van der Waals surface area contributed by atoms with Crippen LogP contribution in [0.3, 0.4) is 0 Å². The van der Waals surface area contributed by atoms with Crippen molar-refractivity contribution in [2.45, 2.75) is 6.54 Å². The van der Waals surface area contributed by atoms with E-state index in [4.69, 9.17) is 4.98 Å². The summed E-state index contributed by atoms with van der Waals surface area (Å²) in [4.78, 5) is 23.8. The number of carbonyl (C=O) groups excluding carboxylic acids is 1. The summed E-state index contributed by atoms with van der Waals surface area (Å²) in [6.45, 7) is 1.95. The summed E-state index contributed by atoms with van der Waals surface area (Å²) in [6.07, 6.45) is 1.71. The first kappa shape index (κ1) is 16.4. The molecule has 0 saturated heterocycles. The van der Waals surface area contributed by atoms with Gasteiger partial charge in [-0.3, -0.25) is 9.89 Å². The van der Waals surface area contributed by atoms with E-state index in [0.717, 1.165) is 16.8 Å². The summed E-state index contributed by atoms with van der Waals surface area (Å²) in [5.41, 5.74) is 3.94. The van der Waals surface area contributed by atoms with Crippen molar-refractivity contribution >= 4 is 22.8 Å². The molecule has 0 radical (unpaired) electrons. The molecule has 2 N–H and O–H groups in total. The van der Waals surface area contributed by atoms with Gasteiger partial charge in [-0.1, -0.05) is 30.3 Å². The monoisotopic (exact) mass is 370 g/mol. The number of fused-ring (bicyclic) bond motifs is 2. The molecule has 4 heterocycles. The summed E-state index contributed by atoms with van der Waals surface area (Å²) in [5.74, 6) is 0.587. The molecule has 4 aromatic rings. The van der Waals surface area contributed by atoms with Crippen LogP contribution in [-0.2, 0) is 6.54 Å². The van der Waals surface area contributed by atoms with Crippen LogP contribution < -0.4 is 10.2 Å². The van der Waals surface area contributed by atoms with E-state index in [1.54, 1.807) is 6.20 Å². The molecule has 0 fully saturated rings. The molecule has 0 spiro atoms. The van der Waals surface area contributed by atoms with Gasteiger partial charge in [-0.25, -0.2) is 9.97 Å². The Morgan fingerprint density at radius 2 is 1.93 bits per heavy atom. The van der Waals surface area contributed by atoms with Crippen molar-refractivity contribution in [2.24, 2.45) is 0 Å². The Balaban J connectivity index is 1.61. The molecule has 1 aromatic carbocycles. The average molecular weight is 370 g/mol. The number of nitrogens with zero attached hydrogens (tertiary/aromatic N) is 4. The fourth-order valence-corrected chi connectivity index (χ4v) is 3.51. The lowest BCUT2D eigenvalue weighted by atomic mass is 10.1. The van der Waals surface area contributed by atoms with Crippen LogP contribution >= 0.6 is 0 Å². The summed E-state index contributed by atoms with van der Waals surface area (Å²) < 4.78 is 0. The van der Waals surface area contributed by atoms with Gasteiger partial charge in [0.05, 0.1) is 17.0 Å². The summed E-state index contributed by atoms with van der Waals surface area (Å²) in [7, 11) is 0. The highest BCUT2D eigenvalue weighted by molar-refractivity contribution is 6.00. The molecule has 5 rings (SSSR count). The number of anilines is 1. The zero-order chi connectivity index (χ0) is 18.9. The smallest absolute Gasteiger partial charge is 0.255 e. The predicted octanol–water partition coefficient (Wildman–Crippen LogP) is 2.77. The maximum absolute atomic E-state index is 12.5. The van der Waals surface area contributed by atoms with E-state index < -0.39 is 0 Å². The molecule has 1 aliphatic heterocycles. The van der Waals surface area contributed by atoms with Crippen molar-refractivity contribution in [3.63, 3.8) is 0 Å². The van der Waals surface area contributed by atoms with Gasteiger partial charge in [0.1, 0.15) is 5.82 Å². The van der Waals surface area contributed by atoms with Gasteiger partial charge in [-0.2, -0.15) is 5.10 Å². The quantitative estimate of drug-likeness (QED) is 0.579. The Kier molecular flexibility index (Phi) is 3.97. The van der Waals surface area contributed by atoms with E-state index in [9.17, 15) is 4.79 Å². The predicted molar refractivity (Wildman–Crippen MR) is 107 cm³/mol. The molecule has 1 aliphatic rings. The van der Waals surface area contributed by atoms with Gasteiger partial charge in [0.25, 0.3) is 5.91 Å². The largest absolute Gasteiger partial charge is 0.350 e. The SMILES string of the molecule is O=C1NCCN(Cc2ccccc2)c2nc(-c3[nH]nc4ncccc34)ccc21. The topological polar surface area (TPSA) is 86.8 Å². The maximum Gasteiger partial charge on any atom is 0.255 e. The zero-order valence-electron chi connectivity index (χ0n) is 15.1. The number of aromatic nitrogens is 4. The summed E-state index contributed by atoms with van der Waals surface area (Å²) >= 11 is 0. The van der Waals surface area contributed by atoms with E-state index in [2.05, 4.69) is 37.5 Å². The lowest BCUT2D eigenvalue weighted by molar-refractivity contribution is 0.0958. The van der Waals surface area contributed by atoms with Crippen molar-refractivity contribution in [3.05, 3.63) is 71.9 Å². The fourth-order valence-electron chi connectivity index (χ4n) is 3.51. The van der Waals surface area contributed by atoms with Crippen molar-refractivity contribution < 1.29 is 4.79 Å². The number of aromatic amines is 1. The van der Waals surface area contributed by atoms with E-state index >= 15 is 0 Å². The third-order valence-corrected chi connectivity index (χ3v) is 4.89. The molecule has 0 bridgehead atoms. The van der Waals surface area contributed by atoms with E-state index in [1.807, 2.05) is 42.5 Å². The van der Waals surface area contributed by atoms with Crippen molar-refractivity contribution in [2.75, 3.05) is 18.0 Å². The number of pyridine rings is 2. The molecule has 0 atom stereocenters. The first-order valence-corrected chi connectivity index (χ1v) is 9.17. The maximum atomic E-state index is 12.5. The first-order valence-electron chi connectivity index (χ1n) is 9.17. The molecule has 7 nitrogen and oxygen atoms in total. The van der Waals surface area contributed by atoms with Crippen LogP contribution in [0.4, 0.5) is 5.82 Å². The standard InChI is InChI=1S/C21H18N6O/c28-21-16-8-9-17(18-15-7-4-10-22-19(15)26-25-18)24-20(16)27(12-11-23-21)13-14-5-2-1-3-6-14/h1-10H,11-13H2,(H,23,28)(H,22,25,26). The first-order chi connectivity index (χ1) is 13.8. The van der Waals surface area contributed by atoms with Gasteiger partial charge in [0, 0.05) is 31.2 Å². The lowest BCUT2D eigenvalue weighted by Gasteiger charge is -2.23. The second-order valence-electron chi connectivity index (χ2n) is 6.70. The molecule has 0 aliphatic carbocycles. The number of H-pyrrole nitrogens is 1. The van der Waals surface area contributed by atoms with E-state index in [-0.39, 0.29) is 5.91 Å². The van der Waals surface area contributed by atoms with Crippen LogP contribution in [0.1, 0.15) is 15.9 Å². The average Bonchev–Trinajstić information content (AvgIpc) is 3.11. The van der Waals surface area contributed by atoms with Crippen LogP contribution in [-0.4, -0.2) is 39.2 Å². The van der Waals surface area contributed by atoms with Gasteiger partial charge in [0.2, 0.25) is 0 Å². The Morgan fingerprint density at radius 3 is 2.82 bits per heavy atom. The number of amides is 1. The Bertz CT molecular complexity index is 1150. The van der Waals surface area contributed by atoms with Crippen molar-refractivity contribution in [3.8, 4) is 11.4 Å². The van der Waals surface area contributed by atoms with Crippen molar-refractivity contribution in [1.29, 1.82) is 0 Å². The molecular weight excluding hydrogens is 352 g/mol. The van der Waals surface area contributed by atoms with Gasteiger partial charge < -0.3 is 10.2 Å². The van der Waals surface area contributed by atoms with Gasteiger partial charge in [0.15, 0.2) is 5.65 Å². The number of benzene rings is 1. The molecule has 1 amide bonds. The lowest BCUT2D eigenvalue weighted by Crippen LogP contribution is -2.30. The highest BCUT2D eigenvalue weighted by Crippen LogP contribution is 2.29. The van der Waals surface area contributed by atoms with Crippen molar-refractivity contribution in [1.82, 2.24) is 25.5 Å². The van der Waals surface area contributed by atoms with Crippen LogP contribution in [0, 0.1) is 0 Å². The Hall–Kier alpha value is -3.74. The minimum Gasteiger partial charge on any atom is -0.350 e. The molecule has 0 unspecified atom stereocenters. The van der Waals surface area contributed by atoms with Gasteiger partial charge in [-0.15, -0.1) is 0 Å². The number of hydrogen-bond donors (Lipinski definition) is 2. The molecule has 138 valence electrons. The summed E-state index contributed by atoms with van der Waals surface area (Å²) in [5, 5.41) is 11.1. The number of rotatable bonds is 3. The second-order valence-corrected chi connectivity index (χ2v) is 6.70. The highest BCUT2D eigenvalue weighted by atomic mass is 16.1. The molecule has 28 heavy (non-hydrogen) atoms. The van der Waals surface area contributed by atoms with Crippen LogP contribution in [0.2, 0.25) is 0 Å². The van der Waals surface area contributed by atoms with Crippen LogP contribution in [0.5, 0.6) is 0 Å². The van der Waals surface area contributed by atoms with Gasteiger partial charge >= 0.3 is 0 Å². The fraction of sp³-hybridized carbons (Fsp3) is 0.143. The minimum atomic E-state index is -0.0965. The Morgan fingerprint density at radius 1 is 1.04 bits per heavy atom. The minimum absolute atomic E-state index is 0.0965. The molecule has 3 aromatic heterocycles. The number of carbonyl (C=O) groups is 1. The zero-order valence-corrected chi connectivity index (χ0v) is 15.1. The van der Waals surface area contributed by atoms with Crippen LogP contribution in [0.25, 0.3) is 22.4 Å². The molecule has 7 heteroatoms. The van der Waals surface area contributed by atoms with E-state index in [0.29, 0.717) is 36.7 Å². The third kappa shape index (κ3) is 2.87. The number of hydrogen-bond acceptors (Lipinski definition) is 5. The van der Waals surface area contributed by atoms with Gasteiger partial charge in [-0.05, 0) is 29.8 Å². The second kappa shape index (κ2) is 6.77. The molecular formula is C21H18N6O. The van der Waals surface area contributed by atoms with Crippen LogP contribution in [0.15, 0.2) is 60.8 Å². The normalized spacial score (nSPS) is 13.9. The highest BCUT2D eigenvalue weighted by Gasteiger charge is 2.23. The number of nitrogens with one attached hydrogen (secondary N) is 2. The molecule has 0 saturated carbocycles. The Labute approximate surface area is 161 Å².